The van der Waals surface area contributed by atoms with E-state index in [1.165, 1.54) is 4.31 Å². The van der Waals surface area contributed by atoms with Gasteiger partial charge in [0.2, 0.25) is 15.9 Å². The number of hydrogen-bond donors (Lipinski definition) is 1. The number of amides is 1. The van der Waals surface area contributed by atoms with E-state index >= 15 is 0 Å². The van der Waals surface area contributed by atoms with Gasteiger partial charge in [-0.1, -0.05) is 35.9 Å². The number of benzene rings is 2. The van der Waals surface area contributed by atoms with Gasteiger partial charge in [-0.05, 0) is 43.2 Å². The SMILES string of the molecule is O=C(Nc1cccc(Cl)c1)[C@@H]1CCCN(S(=O)(=O)c2ccccc2)C1. The maximum Gasteiger partial charge on any atom is 0.243 e. The molecule has 2 aromatic rings. The highest BCUT2D eigenvalue weighted by molar-refractivity contribution is 7.89. The highest BCUT2D eigenvalue weighted by Crippen LogP contribution is 2.25. The molecule has 0 bridgehead atoms. The van der Waals surface area contributed by atoms with Crippen LogP contribution in [0.25, 0.3) is 0 Å². The van der Waals surface area contributed by atoms with Crippen LogP contribution in [0.15, 0.2) is 59.5 Å². The Morgan fingerprint density at radius 1 is 1.12 bits per heavy atom. The van der Waals surface area contributed by atoms with Gasteiger partial charge in [0.15, 0.2) is 0 Å². The number of carbonyl (C=O) groups excluding carboxylic acids is 1. The molecule has 7 heteroatoms. The van der Waals surface area contributed by atoms with Crippen molar-refractivity contribution in [2.24, 2.45) is 5.92 Å². The fourth-order valence-electron chi connectivity index (χ4n) is 2.93. The van der Waals surface area contributed by atoms with E-state index in [2.05, 4.69) is 5.32 Å². The number of piperidine rings is 1. The summed E-state index contributed by atoms with van der Waals surface area (Å²) < 4.78 is 26.9. The van der Waals surface area contributed by atoms with Crippen molar-refractivity contribution in [3.05, 3.63) is 59.6 Å². The van der Waals surface area contributed by atoms with Crippen molar-refractivity contribution >= 4 is 33.2 Å². The van der Waals surface area contributed by atoms with E-state index in [1.54, 1.807) is 54.6 Å². The molecule has 1 saturated heterocycles. The molecule has 3 rings (SSSR count). The lowest BCUT2D eigenvalue weighted by Gasteiger charge is -2.31. The fraction of sp³-hybridized carbons (Fsp3) is 0.278. The molecule has 0 saturated carbocycles. The van der Waals surface area contributed by atoms with Gasteiger partial charge < -0.3 is 5.32 Å². The fourth-order valence-corrected chi connectivity index (χ4v) is 4.66. The highest BCUT2D eigenvalue weighted by atomic mass is 35.5. The van der Waals surface area contributed by atoms with Crippen molar-refractivity contribution in [3.8, 4) is 0 Å². The van der Waals surface area contributed by atoms with Crippen LogP contribution in [0.1, 0.15) is 12.8 Å². The second kappa shape index (κ2) is 7.56. The van der Waals surface area contributed by atoms with Gasteiger partial charge in [-0.3, -0.25) is 4.79 Å². The van der Waals surface area contributed by atoms with Crippen LogP contribution in [0.5, 0.6) is 0 Å². The molecular formula is C18H19ClN2O3S. The smallest absolute Gasteiger partial charge is 0.243 e. The van der Waals surface area contributed by atoms with Crippen LogP contribution in [-0.4, -0.2) is 31.7 Å². The monoisotopic (exact) mass is 378 g/mol. The van der Waals surface area contributed by atoms with Crippen LogP contribution in [0.3, 0.4) is 0 Å². The third kappa shape index (κ3) is 4.21. The normalized spacial score (nSPS) is 18.7. The van der Waals surface area contributed by atoms with E-state index in [4.69, 9.17) is 11.6 Å². The molecular weight excluding hydrogens is 360 g/mol. The molecule has 5 nitrogen and oxygen atoms in total. The van der Waals surface area contributed by atoms with Crippen LogP contribution in [-0.2, 0) is 14.8 Å². The summed E-state index contributed by atoms with van der Waals surface area (Å²) in [7, 11) is -3.58. The minimum atomic E-state index is -3.58. The van der Waals surface area contributed by atoms with Crippen LogP contribution < -0.4 is 5.32 Å². The van der Waals surface area contributed by atoms with Gasteiger partial charge in [0, 0.05) is 23.8 Å². The predicted octanol–water partition coefficient (Wildman–Crippen LogP) is 3.38. The van der Waals surface area contributed by atoms with Crippen molar-refractivity contribution in [2.45, 2.75) is 17.7 Å². The average Bonchev–Trinajstić information content (AvgIpc) is 2.62. The van der Waals surface area contributed by atoms with Crippen molar-refractivity contribution in [2.75, 3.05) is 18.4 Å². The number of nitrogens with one attached hydrogen (secondary N) is 1. The van der Waals surface area contributed by atoms with Crippen LogP contribution >= 0.6 is 11.6 Å². The van der Waals surface area contributed by atoms with Crippen molar-refractivity contribution < 1.29 is 13.2 Å². The third-order valence-corrected chi connectivity index (χ3v) is 6.34. The average molecular weight is 379 g/mol. The van der Waals surface area contributed by atoms with Crippen LogP contribution in [0.4, 0.5) is 5.69 Å². The number of rotatable bonds is 4. The predicted molar refractivity (Wildman–Crippen MR) is 98.0 cm³/mol. The number of halogens is 1. The van der Waals surface area contributed by atoms with Crippen molar-refractivity contribution in [1.29, 1.82) is 0 Å². The molecule has 1 aliphatic heterocycles. The zero-order valence-electron chi connectivity index (χ0n) is 13.6. The number of carbonyl (C=O) groups is 1. The van der Waals surface area contributed by atoms with Gasteiger partial charge in [-0.25, -0.2) is 8.42 Å². The topological polar surface area (TPSA) is 66.5 Å². The molecule has 1 heterocycles. The molecule has 0 radical (unpaired) electrons. The maximum absolute atomic E-state index is 12.7. The Hall–Kier alpha value is -1.89. The number of nitrogens with zero attached hydrogens (tertiary/aromatic N) is 1. The first kappa shape index (κ1) is 17.9. The molecule has 1 aliphatic rings. The van der Waals surface area contributed by atoms with Crippen LogP contribution in [0, 0.1) is 5.92 Å². The van der Waals surface area contributed by atoms with E-state index in [0.29, 0.717) is 30.1 Å². The molecule has 0 unspecified atom stereocenters. The molecule has 0 aliphatic carbocycles. The van der Waals surface area contributed by atoms with Gasteiger partial charge in [-0.15, -0.1) is 0 Å². The number of hydrogen-bond acceptors (Lipinski definition) is 3. The standard InChI is InChI=1S/C18H19ClN2O3S/c19-15-7-4-8-16(12-15)20-18(22)14-6-5-11-21(13-14)25(23,24)17-9-2-1-3-10-17/h1-4,7-10,12,14H,5-6,11,13H2,(H,20,22)/t14-/m1/s1. The lowest BCUT2D eigenvalue weighted by Crippen LogP contribution is -2.43. The molecule has 25 heavy (non-hydrogen) atoms. The molecule has 0 aromatic heterocycles. The lowest BCUT2D eigenvalue weighted by molar-refractivity contribution is -0.120. The first-order valence-corrected chi connectivity index (χ1v) is 9.90. The number of anilines is 1. The molecule has 2 aromatic carbocycles. The van der Waals surface area contributed by atoms with Crippen molar-refractivity contribution in [3.63, 3.8) is 0 Å². The van der Waals surface area contributed by atoms with E-state index in [-0.39, 0.29) is 23.3 Å². The van der Waals surface area contributed by atoms with E-state index in [0.717, 1.165) is 0 Å². The Morgan fingerprint density at radius 3 is 2.60 bits per heavy atom. The summed E-state index contributed by atoms with van der Waals surface area (Å²) in [4.78, 5) is 12.8. The minimum Gasteiger partial charge on any atom is -0.326 e. The lowest BCUT2D eigenvalue weighted by atomic mass is 9.99. The highest BCUT2D eigenvalue weighted by Gasteiger charge is 2.33. The van der Waals surface area contributed by atoms with E-state index in [1.807, 2.05) is 0 Å². The van der Waals surface area contributed by atoms with Gasteiger partial charge >= 0.3 is 0 Å². The first-order valence-electron chi connectivity index (χ1n) is 8.08. The maximum atomic E-state index is 12.7. The molecule has 1 amide bonds. The van der Waals surface area contributed by atoms with Gasteiger partial charge in [0.1, 0.15) is 0 Å². The van der Waals surface area contributed by atoms with Gasteiger partial charge in [-0.2, -0.15) is 4.31 Å². The third-order valence-electron chi connectivity index (χ3n) is 4.23. The molecule has 1 fully saturated rings. The summed E-state index contributed by atoms with van der Waals surface area (Å²) >= 11 is 5.93. The minimum absolute atomic E-state index is 0.184. The summed E-state index contributed by atoms with van der Waals surface area (Å²) in [6.07, 6.45) is 1.31. The summed E-state index contributed by atoms with van der Waals surface area (Å²) in [6.45, 7) is 0.613. The number of sulfonamides is 1. The Kier molecular flexibility index (Phi) is 5.42. The Morgan fingerprint density at radius 2 is 1.88 bits per heavy atom. The second-order valence-corrected chi connectivity index (χ2v) is 8.39. The largest absolute Gasteiger partial charge is 0.326 e. The summed E-state index contributed by atoms with van der Waals surface area (Å²) in [5.41, 5.74) is 0.612. The van der Waals surface area contributed by atoms with Gasteiger partial charge in [0.25, 0.3) is 0 Å². The van der Waals surface area contributed by atoms with Crippen LogP contribution in [0.2, 0.25) is 5.02 Å². The molecule has 1 atom stereocenters. The molecule has 132 valence electrons. The summed E-state index contributed by atoms with van der Waals surface area (Å²) in [5, 5.41) is 3.36. The van der Waals surface area contributed by atoms with E-state index in [9.17, 15) is 13.2 Å². The first-order chi connectivity index (χ1) is 12.0. The van der Waals surface area contributed by atoms with Gasteiger partial charge in [0.05, 0.1) is 10.8 Å². The summed E-state index contributed by atoms with van der Waals surface area (Å²) in [5.74, 6) is -0.568. The Balaban J connectivity index is 1.71. The second-order valence-electron chi connectivity index (χ2n) is 6.01. The molecule has 1 N–H and O–H groups in total. The van der Waals surface area contributed by atoms with E-state index < -0.39 is 10.0 Å². The molecule has 0 spiro atoms. The zero-order valence-corrected chi connectivity index (χ0v) is 15.1. The quantitative estimate of drug-likeness (QED) is 0.886. The summed E-state index contributed by atoms with van der Waals surface area (Å²) in [6, 6.07) is 15.2. The Labute approximate surface area is 152 Å². The van der Waals surface area contributed by atoms with Crippen molar-refractivity contribution in [1.82, 2.24) is 4.31 Å². The zero-order chi connectivity index (χ0) is 17.9. The Bertz CT molecular complexity index is 856.